The Labute approximate surface area is 121 Å². The molecular weight excluding hydrogens is 250 g/mol. The van der Waals surface area contributed by atoms with Gasteiger partial charge >= 0.3 is 0 Å². The van der Waals surface area contributed by atoms with Gasteiger partial charge in [0.1, 0.15) is 5.75 Å². The van der Waals surface area contributed by atoms with Crippen molar-refractivity contribution in [2.45, 2.75) is 51.4 Å². The Hall–Kier alpha value is -1.06. The van der Waals surface area contributed by atoms with Gasteiger partial charge in [-0.1, -0.05) is 12.1 Å². The summed E-state index contributed by atoms with van der Waals surface area (Å²) in [5.74, 6) is 1.60. The number of rotatable bonds is 4. The van der Waals surface area contributed by atoms with E-state index < -0.39 is 0 Å². The molecule has 0 aliphatic carbocycles. The van der Waals surface area contributed by atoms with E-state index >= 15 is 0 Å². The van der Waals surface area contributed by atoms with Crippen molar-refractivity contribution in [3.05, 3.63) is 28.8 Å². The van der Waals surface area contributed by atoms with E-state index in [0.717, 1.165) is 5.75 Å². The number of hydrogen-bond donors (Lipinski definition) is 1. The minimum Gasteiger partial charge on any atom is -0.496 e. The smallest absolute Gasteiger partial charge is 0.126 e. The van der Waals surface area contributed by atoms with Crippen LogP contribution >= 0.6 is 0 Å². The molecule has 2 aliphatic heterocycles. The van der Waals surface area contributed by atoms with E-state index in [1.165, 1.54) is 36.0 Å². The van der Waals surface area contributed by atoms with Crippen LogP contribution in [0.25, 0.3) is 0 Å². The number of benzene rings is 1. The first-order valence-corrected chi connectivity index (χ1v) is 7.62. The molecule has 3 heteroatoms. The first kappa shape index (κ1) is 13.9. The maximum Gasteiger partial charge on any atom is 0.126 e. The Balaban J connectivity index is 1.95. The molecule has 3 nitrogen and oxygen atoms in total. The monoisotopic (exact) mass is 275 g/mol. The minimum absolute atomic E-state index is 0.319. The third-order valence-electron chi connectivity index (χ3n) is 5.14. The van der Waals surface area contributed by atoms with E-state index in [1.807, 2.05) is 7.05 Å². The molecule has 0 saturated carbocycles. The standard InChI is InChI=1S/C17H25NO2/c1-10-5-7-13(17(19-4)11(10)2)16(18-3)14-9-12-6-8-15(14)20-12/h5,7,12,14-16,18H,6,8-9H2,1-4H3. The van der Waals surface area contributed by atoms with Crippen LogP contribution in [0.2, 0.25) is 0 Å². The van der Waals surface area contributed by atoms with Gasteiger partial charge < -0.3 is 14.8 Å². The lowest BCUT2D eigenvalue weighted by molar-refractivity contribution is 0.0861. The maximum absolute atomic E-state index is 6.04. The van der Waals surface area contributed by atoms with E-state index in [-0.39, 0.29) is 0 Å². The van der Waals surface area contributed by atoms with Gasteiger partial charge in [-0.2, -0.15) is 0 Å². The molecular formula is C17H25NO2. The maximum atomic E-state index is 6.04. The lowest BCUT2D eigenvalue weighted by atomic mass is 9.80. The molecule has 2 fully saturated rings. The molecule has 1 N–H and O–H groups in total. The average Bonchev–Trinajstić information content (AvgIpc) is 3.06. The first-order chi connectivity index (χ1) is 9.65. The molecule has 2 heterocycles. The van der Waals surface area contributed by atoms with Crippen LogP contribution in [0.15, 0.2) is 12.1 Å². The van der Waals surface area contributed by atoms with E-state index in [4.69, 9.17) is 9.47 Å². The molecule has 2 saturated heterocycles. The van der Waals surface area contributed by atoms with Crippen molar-refractivity contribution in [1.29, 1.82) is 0 Å². The fourth-order valence-corrected chi connectivity index (χ4v) is 3.96. The van der Waals surface area contributed by atoms with Crippen molar-refractivity contribution in [3.8, 4) is 5.75 Å². The minimum atomic E-state index is 0.319. The summed E-state index contributed by atoms with van der Waals surface area (Å²) in [5, 5.41) is 3.51. The van der Waals surface area contributed by atoms with Crippen molar-refractivity contribution < 1.29 is 9.47 Å². The van der Waals surface area contributed by atoms with Gasteiger partial charge in [0.2, 0.25) is 0 Å². The van der Waals surface area contributed by atoms with Crippen LogP contribution in [-0.4, -0.2) is 26.4 Å². The predicted octanol–water partition coefficient (Wildman–Crippen LogP) is 3.14. The Morgan fingerprint density at radius 2 is 2.10 bits per heavy atom. The van der Waals surface area contributed by atoms with Crippen molar-refractivity contribution in [2.75, 3.05) is 14.2 Å². The van der Waals surface area contributed by atoms with E-state index in [2.05, 4.69) is 31.3 Å². The number of methoxy groups -OCH3 is 1. The second-order valence-corrected chi connectivity index (χ2v) is 6.17. The van der Waals surface area contributed by atoms with Crippen LogP contribution in [0.3, 0.4) is 0 Å². The molecule has 0 spiro atoms. The number of nitrogens with one attached hydrogen (secondary N) is 1. The summed E-state index contributed by atoms with van der Waals surface area (Å²) in [4.78, 5) is 0. The number of fused-ring (bicyclic) bond motifs is 2. The van der Waals surface area contributed by atoms with Crippen molar-refractivity contribution in [1.82, 2.24) is 5.32 Å². The van der Waals surface area contributed by atoms with Crippen LogP contribution in [0, 0.1) is 19.8 Å². The van der Waals surface area contributed by atoms with E-state index in [1.54, 1.807) is 7.11 Å². The predicted molar refractivity (Wildman–Crippen MR) is 80.3 cm³/mol. The van der Waals surface area contributed by atoms with Crippen LogP contribution in [-0.2, 0) is 4.74 Å². The van der Waals surface area contributed by atoms with Gasteiger partial charge in [-0.3, -0.25) is 0 Å². The van der Waals surface area contributed by atoms with Crippen LogP contribution in [0.1, 0.15) is 42.0 Å². The highest BCUT2D eigenvalue weighted by molar-refractivity contribution is 5.47. The van der Waals surface area contributed by atoms with E-state index in [9.17, 15) is 0 Å². The number of aryl methyl sites for hydroxylation is 1. The summed E-state index contributed by atoms with van der Waals surface area (Å²) in [6.45, 7) is 4.28. The highest BCUT2D eigenvalue weighted by Gasteiger charge is 2.45. The van der Waals surface area contributed by atoms with Crippen LogP contribution in [0.5, 0.6) is 5.75 Å². The Morgan fingerprint density at radius 1 is 1.30 bits per heavy atom. The van der Waals surface area contributed by atoms with E-state index in [0.29, 0.717) is 24.2 Å². The largest absolute Gasteiger partial charge is 0.496 e. The zero-order chi connectivity index (χ0) is 14.3. The summed E-state index contributed by atoms with van der Waals surface area (Å²) in [6.07, 6.45) is 4.52. The van der Waals surface area contributed by atoms with Crippen LogP contribution < -0.4 is 10.1 Å². The summed E-state index contributed by atoms with van der Waals surface area (Å²) in [6, 6.07) is 4.74. The molecule has 110 valence electrons. The Bertz CT molecular complexity index is 500. The van der Waals surface area contributed by atoms with Gasteiger partial charge in [0.25, 0.3) is 0 Å². The number of hydrogen-bond acceptors (Lipinski definition) is 3. The molecule has 4 atom stereocenters. The number of ether oxygens (including phenoxy) is 2. The molecule has 2 aliphatic rings. The summed E-state index contributed by atoms with van der Waals surface area (Å²) < 4.78 is 11.7. The fourth-order valence-electron chi connectivity index (χ4n) is 3.96. The summed E-state index contributed by atoms with van der Waals surface area (Å²) >= 11 is 0. The molecule has 1 aromatic carbocycles. The highest BCUT2D eigenvalue weighted by atomic mass is 16.5. The summed E-state index contributed by atoms with van der Waals surface area (Å²) in [7, 11) is 3.82. The zero-order valence-electron chi connectivity index (χ0n) is 12.9. The van der Waals surface area contributed by atoms with Gasteiger partial charge in [0.15, 0.2) is 0 Å². The molecule has 1 aromatic rings. The van der Waals surface area contributed by atoms with Crippen LogP contribution in [0.4, 0.5) is 0 Å². The van der Waals surface area contributed by atoms with Crippen molar-refractivity contribution in [2.24, 2.45) is 5.92 Å². The third kappa shape index (κ3) is 2.13. The average molecular weight is 275 g/mol. The van der Waals surface area contributed by atoms with Gasteiger partial charge in [-0.15, -0.1) is 0 Å². The lowest BCUT2D eigenvalue weighted by Crippen LogP contribution is -2.32. The summed E-state index contributed by atoms with van der Waals surface area (Å²) in [5.41, 5.74) is 3.80. The molecule has 0 amide bonds. The van der Waals surface area contributed by atoms with Gasteiger partial charge in [0, 0.05) is 17.5 Å². The van der Waals surface area contributed by atoms with Crippen molar-refractivity contribution >= 4 is 0 Å². The molecule has 0 radical (unpaired) electrons. The Kier molecular flexibility index (Phi) is 3.74. The molecule has 20 heavy (non-hydrogen) atoms. The topological polar surface area (TPSA) is 30.5 Å². The SMILES string of the molecule is CNC(c1ccc(C)c(C)c1OC)C1CC2CCC1O2. The van der Waals surface area contributed by atoms with Gasteiger partial charge in [0.05, 0.1) is 19.3 Å². The molecule has 0 aromatic heterocycles. The third-order valence-corrected chi connectivity index (χ3v) is 5.14. The second-order valence-electron chi connectivity index (χ2n) is 6.17. The second kappa shape index (κ2) is 5.38. The zero-order valence-corrected chi connectivity index (χ0v) is 12.9. The van der Waals surface area contributed by atoms with Gasteiger partial charge in [-0.05, 0) is 51.3 Å². The molecule has 2 bridgehead atoms. The van der Waals surface area contributed by atoms with Gasteiger partial charge in [-0.25, -0.2) is 0 Å². The highest BCUT2D eigenvalue weighted by Crippen LogP contribution is 2.46. The fraction of sp³-hybridized carbons (Fsp3) is 0.647. The molecule has 4 unspecified atom stereocenters. The quantitative estimate of drug-likeness (QED) is 0.915. The lowest BCUT2D eigenvalue weighted by Gasteiger charge is -2.30. The van der Waals surface area contributed by atoms with Crippen molar-refractivity contribution in [3.63, 3.8) is 0 Å². The normalized spacial score (nSPS) is 29.7. The Morgan fingerprint density at radius 3 is 2.65 bits per heavy atom. The first-order valence-electron chi connectivity index (χ1n) is 7.62. The molecule has 3 rings (SSSR count).